The van der Waals surface area contributed by atoms with Gasteiger partial charge in [-0.1, -0.05) is 32.8 Å². The molecular weight excluding hydrogens is 586 g/mol. The number of aliphatic imine (C=N–C) groups is 1. The van der Waals surface area contributed by atoms with E-state index in [2.05, 4.69) is 20.3 Å². The average Bonchev–Trinajstić information content (AvgIpc) is 3.64. The van der Waals surface area contributed by atoms with Crippen LogP contribution >= 0.6 is 0 Å². The lowest BCUT2D eigenvalue weighted by atomic mass is 9.80. The summed E-state index contributed by atoms with van der Waals surface area (Å²) in [4.78, 5) is 50.2. The van der Waals surface area contributed by atoms with E-state index in [9.17, 15) is 29.7 Å². The molecule has 3 aliphatic carbocycles. The molecule has 248 valence electrons. The summed E-state index contributed by atoms with van der Waals surface area (Å²) in [5.41, 5.74) is 19.4. The van der Waals surface area contributed by atoms with E-state index >= 15 is 0 Å². The Labute approximate surface area is 261 Å². The van der Waals surface area contributed by atoms with Gasteiger partial charge in [0, 0.05) is 36.3 Å². The Balaban J connectivity index is 1.34. The monoisotopic (exact) mass is 631 g/mol. The third-order valence-corrected chi connectivity index (χ3v) is 9.48. The van der Waals surface area contributed by atoms with E-state index in [4.69, 9.17) is 26.7 Å². The zero-order chi connectivity index (χ0) is 33.0. The Kier molecular flexibility index (Phi) is 11.0. The Morgan fingerprint density at radius 1 is 1.07 bits per heavy atom. The average molecular weight is 632 g/mol. The number of rotatable bonds is 12. The first kappa shape index (κ1) is 34.1. The number of allylic oxidation sites excluding steroid dienone is 1. The van der Waals surface area contributed by atoms with Crippen molar-refractivity contribution in [3.05, 3.63) is 23.7 Å². The summed E-state index contributed by atoms with van der Waals surface area (Å²) < 4.78 is 10.5. The first-order valence-corrected chi connectivity index (χ1v) is 15.4. The summed E-state index contributed by atoms with van der Waals surface area (Å²) in [5.74, 6) is -4.54. The molecule has 0 saturated heterocycles. The molecule has 1 aromatic rings. The molecule has 0 radical (unpaired) electrons. The fourth-order valence-electron chi connectivity index (χ4n) is 7.22. The summed E-state index contributed by atoms with van der Waals surface area (Å²) in [5, 5.41) is 35.7. The van der Waals surface area contributed by atoms with E-state index in [1.807, 2.05) is 19.9 Å². The number of aliphatic hydroxyl groups is 3. The van der Waals surface area contributed by atoms with Crippen molar-refractivity contribution in [2.75, 3.05) is 18.9 Å². The first-order valence-electron chi connectivity index (χ1n) is 15.4. The summed E-state index contributed by atoms with van der Waals surface area (Å²) in [6.45, 7) is 4.40. The zero-order valence-corrected chi connectivity index (χ0v) is 25.8. The van der Waals surface area contributed by atoms with Crippen molar-refractivity contribution >= 4 is 35.2 Å². The van der Waals surface area contributed by atoms with Gasteiger partial charge in [-0.2, -0.15) is 0 Å². The number of aromatic nitrogens is 2. The Bertz CT molecular complexity index is 1310. The van der Waals surface area contributed by atoms with Gasteiger partial charge in [-0.25, -0.2) is 19.8 Å². The van der Waals surface area contributed by atoms with Gasteiger partial charge in [0.25, 0.3) is 0 Å². The predicted octanol–water partition coefficient (Wildman–Crippen LogP) is -0.977. The van der Waals surface area contributed by atoms with Gasteiger partial charge < -0.3 is 47.3 Å². The molecule has 45 heavy (non-hydrogen) atoms. The SMILES string of the molecule is CCC(CC)[C@H](NC(C)=O)[C@@H]1[C@H](O)[C@@H](C(=O)OCC(=O)OC[C@H]2C[C@@H](C3=CCc4c(N)ncnc43)[C@H](O)[C@@H]2O)C[C@H]1N=C(N)N. The highest BCUT2D eigenvalue weighted by Crippen LogP contribution is 2.44. The number of guanidine groups is 1. The number of carbonyl (C=O) groups excluding carboxylic acids is 3. The minimum Gasteiger partial charge on any atom is -0.463 e. The van der Waals surface area contributed by atoms with E-state index < -0.39 is 72.6 Å². The molecule has 1 aromatic heterocycles. The van der Waals surface area contributed by atoms with E-state index in [-0.39, 0.29) is 30.8 Å². The quantitative estimate of drug-likeness (QED) is 0.0832. The number of nitrogens with zero attached hydrogens (tertiary/aromatic N) is 3. The Hall–Kier alpha value is -3.82. The summed E-state index contributed by atoms with van der Waals surface area (Å²) in [6.07, 6.45) is 2.09. The van der Waals surface area contributed by atoms with Crippen LogP contribution in [0.5, 0.6) is 0 Å². The van der Waals surface area contributed by atoms with E-state index in [0.29, 0.717) is 37.2 Å². The third-order valence-electron chi connectivity index (χ3n) is 9.48. The number of anilines is 1. The standard InChI is InChI=1S/C30H45N7O8/c1-4-14(5-2)23(36-13(3)38)22-20(37-30(32)33)9-19(26(22)41)29(43)45-11-21(39)44-10-15-8-18(27(42)25(15)40)16-6-7-17-24(16)34-12-35-28(17)31/h6,12,14-15,18-20,22-23,25-27,40-42H,4-5,7-11H2,1-3H3,(H,36,38)(H2,31,34,35)(H4,32,33,37)/t15-,18+,19+,20-,22-,23+,25-,26-,27+/m1/s1. The molecule has 0 aliphatic heterocycles. The maximum absolute atomic E-state index is 13.1. The van der Waals surface area contributed by atoms with Gasteiger partial charge >= 0.3 is 11.9 Å². The molecule has 1 amide bonds. The van der Waals surface area contributed by atoms with Crippen molar-refractivity contribution in [3.8, 4) is 0 Å². The van der Waals surface area contributed by atoms with Crippen LogP contribution in [-0.4, -0.2) is 92.7 Å². The van der Waals surface area contributed by atoms with Gasteiger partial charge in [-0.05, 0) is 30.8 Å². The number of ether oxygens (including phenoxy) is 2. The van der Waals surface area contributed by atoms with Gasteiger partial charge in [0.05, 0.1) is 42.6 Å². The maximum atomic E-state index is 13.1. The van der Waals surface area contributed by atoms with E-state index in [1.54, 1.807) is 0 Å². The lowest BCUT2D eigenvalue weighted by Gasteiger charge is -2.35. The molecule has 10 N–H and O–H groups in total. The van der Waals surface area contributed by atoms with Gasteiger partial charge in [0.2, 0.25) is 5.91 Å². The summed E-state index contributed by atoms with van der Waals surface area (Å²) >= 11 is 0. The predicted molar refractivity (Wildman–Crippen MR) is 163 cm³/mol. The number of nitrogens with one attached hydrogen (secondary N) is 1. The molecule has 0 aromatic carbocycles. The topological polar surface area (TPSA) is 259 Å². The van der Waals surface area contributed by atoms with E-state index in [0.717, 1.165) is 11.1 Å². The van der Waals surface area contributed by atoms with Crippen molar-refractivity contribution in [2.45, 2.75) is 83.3 Å². The third kappa shape index (κ3) is 7.36. The smallest absolute Gasteiger partial charge is 0.344 e. The molecule has 2 saturated carbocycles. The molecule has 9 atom stereocenters. The van der Waals surface area contributed by atoms with Crippen LogP contribution in [0.15, 0.2) is 17.4 Å². The van der Waals surface area contributed by atoms with Gasteiger partial charge in [0.1, 0.15) is 12.1 Å². The summed E-state index contributed by atoms with van der Waals surface area (Å²) in [7, 11) is 0. The second-order valence-corrected chi connectivity index (χ2v) is 12.2. The van der Waals surface area contributed by atoms with Crippen LogP contribution in [0.1, 0.15) is 57.7 Å². The molecule has 15 heteroatoms. The number of amides is 1. The molecular formula is C30H45N7O8. The number of nitrogen functional groups attached to an aromatic ring is 1. The molecule has 3 aliphatic rings. The molecule has 1 heterocycles. The Morgan fingerprint density at radius 2 is 1.78 bits per heavy atom. The minimum atomic E-state index is -1.25. The highest BCUT2D eigenvalue weighted by Gasteiger charge is 2.51. The van der Waals surface area contributed by atoms with Gasteiger partial charge in [0.15, 0.2) is 12.6 Å². The molecule has 4 rings (SSSR count). The normalized spacial score (nSPS) is 29.5. The van der Waals surface area contributed by atoms with Crippen molar-refractivity contribution < 1.29 is 39.2 Å². The number of nitrogens with two attached hydrogens (primary N) is 3. The largest absolute Gasteiger partial charge is 0.463 e. The number of esters is 2. The molecule has 15 nitrogen and oxygen atoms in total. The number of hydrogen-bond donors (Lipinski definition) is 7. The minimum absolute atomic E-state index is 0.00911. The van der Waals surface area contributed by atoms with Crippen LogP contribution in [0.25, 0.3) is 5.57 Å². The lowest BCUT2D eigenvalue weighted by Crippen LogP contribution is -2.51. The fourth-order valence-corrected chi connectivity index (χ4v) is 7.22. The zero-order valence-electron chi connectivity index (χ0n) is 25.8. The number of hydrogen-bond acceptors (Lipinski definition) is 12. The molecule has 0 bridgehead atoms. The Morgan fingerprint density at radius 3 is 2.42 bits per heavy atom. The molecule has 0 unspecified atom stereocenters. The number of carbonyl (C=O) groups is 3. The second kappa shape index (κ2) is 14.5. The van der Waals surface area contributed by atoms with Crippen molar-refractivity contribution in [1.82, 2.24) is 15.3 Å². The van der Waals surface area contributed by atoms with Crippen LogP contribution in [0, 0.1) is 29.6 Å². The van der Waals surface area contributed by atoms with Gasteiger partial charge in [-0.15, -0.1) is 0 Å². The highest BCUT2D eigenvalue weighted by atomic mass is 16.6. The molecule has 2 fully saturated rings. The van der Waals surface area contributed by atoms with Crippen molar-refractivity contribution in [3.63, 3.8) is 0 Å². The fraction of sp³-hybridized carbons (Fsp3) is 0.667. The van der Waals surface area contributed by atoms with Crippen molar-refractivity contribution in [1.29, 1.82) is 0 Å². The van der Waals surface area contributed by atoms with Crippen LogP contribution in [0.4, 0.5) is 5.82 Å². The van der Waals surface area contributed by atoms with Crippen LogP contribution in [0.2, 0.25) is 0 Å². The maximum Gasteiger partial charge on any atom is 0.344 e. The van der Waals surface area contributed by atoms with Crippen LogP contribution in [-0.2, 0) is 30.3 Å². The van der Waals surface area contributed by atoms with Crippen LogP contribution < -0.4 is 22.5 Å². The van der Waals surface area contributed by atoms with Crippen LogP contribution in [0.3, 0.4) is 0 Å². The first-order chi connectivity index (χ1) is 21.4. The highest BCUT2D eigenvalue weighted by molar-refractivity contribution is 5.80. The second-order valence-electron chi connectivity index (χ2n) is 12.2. The molecule has 0 spiro atoms. The van der Waals surface area contributed by atoms with Crippen molar-refractivity contribution in [2.24, 2.45) is 46.0 Å². The number of aliphatic hydroxyl groups excluding tert-OH is 3. The lowest BCUT2D eigenvalue weighted by molar-refractivity contribution is -0.164. The van der Waals surface area contributed by atoms with E-state index in [1.165, 1.54) is 13.3 Å². The summed E-state index contributed by atoms with van der Waals surface area (Å²) in [6, 6.07) is -1.17. The number of fused-ring (bicyclic) bond motifs is 1. The van der Waals surface area contributed by atoms with Gasteiger partial charge in [-0.3, -0.25) is 9.59 Å².